The van der Waals surface area contributed by atoms with E-state index in [4.69, 9.17) is 0 Å². The van der Waals surface area contributed by atoms with E-state index in [1.54, 1.807) is 0 Å². The molecule has 2 aliphatic rings. The van der Waals surface area contributed by atoms with E-state index in [-0.39, 0.29) is 6.61 Å². The Hall–Kier alpha value is -1.34. The molecule has 0 heterocycles. The van der Waals surface area contributed by atoms with Crippen molar-refractivity contribution in [3.05, 3.63) is 58.7 Å². The molecule has 16 heavy (non-hydrogen) atoms. The lowest BCUT2D eigenvalue weighted by atomic mass is 9.94. The van der Waals surface area contributed by atoms with E-state index >= 15 is 0 Å². The van der Waals surface area contributed by atoms with Crippen LogP contribution in [0.3, 0.4) is 0 Å². The second-order valence-electron chi connectivity index (χ2n) is 4.59. The molecule has 0 aromatic heterocycles. The van der Waals surface area contributed by atoms with Gasteiger partial charge < -0.3 is 5.11 Å². The van der Waals surface area contributed by atoms with Gasteiger partial charge in [-0.15, -0.1) is 0 Å². The molecule has 0 aromatic rings. The van der Waals surface area contributed by atoms with Crippen LogP contribution >= 0.6 is 0 Å². The Labute approximate surface area is 97.2 Å². The van der Waals surface area contributed by atoms with E-state index in [2.05, 4.69) is 38.7 Å². The van der Waals surface area contributed by atoms with Gasteiger partial charge in [0, 0.05) is 5.92 Å². The average molecular weight is 214 g/mol. The molecule has 2 aliphatic carbocycles. The molecule has 0 amide bonds. The van der Waals surface area contributed by atoms with Crippen molar-refractivity contribution in [2.24, 2.45) is 5.92 Å². The maximum Gasteiger partial charge on any atom is 0.0687 e. The van der Waals surface area contributed by atoms with Crippen LogP contribution in [0.4, 0.5) is 0 Å². The van der Waals surface area contributed by atoms with Crippen LogP contribution in [0.1, 0.15) is 20.3 Å². The number of aliphatic hydroxyl groups excluding tert-OH is 1. The molecular weight excluding hydrogens is 196 g/mol. The minimum atomic E-state index is 0.113. The summed E-state index contributed by atoms with van der Waals surface area (Å²) in [7, 11) is 0. The quantitative estimate of drug-likeness (QED) is 0.699. The van der Waals surface area contributed by atoms with Crippen LogP contribution in [0.15, 0.2) is 58.7 Å². The van der Waals surface area contributed by atoms with Gasteiger partial charge in [-0.1, -0.05) is 36.5 Å². The number of allylic oxidation sites excluding steroid dienone is 7. The van der Waals surface area contributed by atoms with Crippen LogP contribution in [-0.2, 0) is 0 Å². The zero-order chi connectivity index (χ0) is 11.7. The highest BCUT2D eigenvalue weighted by Crippen LogP contribution is 2.36. The molecule has 0 saturated carbocycles. The van der Waals surface area contributed by atoms with Gasteiger partial charge in [0.1, 0.15) is 0 Å². The molecule has 0 aliphatic heterocycles. The zero-order valence-corrected chi connectivity index (χ0v) is 9.96. The molecule has 1 heteroatoms. The Kier molecular flexibility index (Phi) is 2.97. The first-order valence-electron chi connectivity index (χ1n) is 5.70. The number of hydrogen-bond acceptors (Lipinski definition) is 1. The molecule has 1 atom stereocenters. The van der Waals surface area contributed by atoms with Gasteiger partial charge in [0.15, 0.2) is 0 Å². The van der Waals surface area contributed by atoms with Crippen molar-refractivity contribution in [1.82, 2.24) is 0 Å². The molecule has 0 radical (unpaired) electrons. The van der Waals surface area contributed by atoms with Gasteiger partial charge in [0.25, 0.3) is 0 Å². The van der Waals surface area contributed by atoms with E-state index in [0.29, 0.717) is 5.92 Å². The molecule has 84 valence electrons. The van der Waals surface area contributed by atoms with Crippen molar-refractivity contribution in [3.63, 3.8) is 0 Å². The molecule has 0 bridgehead atoms. The second kappa shape index (κ2) is 4.26. The topological polar surface area (TPSA) is 20.2 Å². The van der Waals surface area contributed by atoms with Gasteiger partial charge in [-0.3, -0.25) is 0 Å². The first kappa shape index (κ1) is 11.2. The molecule has 0 spiro atoms. The van der Waals surface area contributed by atoms with Crippen LogP contribution in [0.25, 0.3) is 0 Å². The third kappa shape index (κ3) is 1.83. The lowest BCUT2D eigenvalue weighted by Gasteiger charge is -2.11. The predicted octanol–water partition coefficient (Wildman–Crippen LogP) is 3.31. The van der Waals surface area contributed by atoms with Gasteiger partial charge in [0.05, 0.1) is 6.61 Å². The molecule has 0 saturated heterocycles. The molecule has 0 aromatic carbocycles. The van der Waals surface area contributed by atoms with Crippen molar-refractivity contribution in [1.29, 1.82) is 0 Å². The van der Waals surface area contributed by atoms with Crippen molar-refractivity contribution in [2.45, 2.75) is 20.3 Å². The molecule has 0 fully saturated rings. The summed E-state index contributed by atoms with van der Waals surface area (Å²) < 4.78 is 0. The van der Waals surface area contributed by atoms with Crippen LogP contribution in [0.5, 0.6) is 0 Å². The summed E-state index contributed by atoms with van der Waals surface area (Å²) in [5.74, 6) is 0.392. The fourth-order valence-corrected chi connectivity index (χ4v) is 2.24. The standard InChI is InChI=1S/C15H18O/c1-10(2)12-5-4-11(3)14-7-6-13(9-16)15(14)8-12/h4,6-8,12,16H,1,5,9H2,2-3H3. The summed E-state index contributed by atoms with van der Waals surface area (Å²) in [6.45, 7) is 8.35. The van der Waals surface area contributed by atoms with Gasteiger partial charge >= 0.3 is 0 Å². The van der Waals surface area contributed by atoms with Crippen molar-refractivity contribution in [3.8, 4) is 0 Å². The third-order valence-corrected chi connectivity index (χ3v) is 3.36. The van der Waals surface area contributed by atoms with Gasteiger partial charge in [-0.2, -0.15) is 0 Å². The molecular formula is C15H18O. The number of aliphatic hydroxyl groups is 1. The summed E-state index contributed by atoms with van der Waals surface area (Å²) in [5, 5.41) is 9.32. The van der Waals surface area contributed by atoms with Crippen LogP contribution in [0.2, 0.25) is 0 Å². The molecule has 2 rings (SSSR count). The minimum Gasteiger partial charge on any atom is -0.392 e. The first-order valence-corrected chi connectivity index (χ1v) is 5.70. The van der Waals surface area contributed by atoms with Crippen molar-refractivity contribution >= 4 is 0 Å². The maximum atomic E-state index is 9.32. The monoisotopic (exact) mass is 214 g/mol. The van der Waals surface area contributed by atoms with Gasteiger partial charge in [-0.25, -0.2) is 0 Å². The van der Waals surface area contributed by atoms with E-state index in [1.165, 1.54) is 22.3 Å². The number of fused-ring (bicyclic) bond motifs is 1. The fraction of sp³-hybridized carbons (Fsp3) is 0.333. The lowest BCUT2D eigenvalue weighted by molar-refractivity contribution is 0.334. The smallest absolute Gasteiger partial charge is 0.0687 e. The Bertz CT molecular complexity index is 444. The highest BCUT2D eigenvalue weighted by atomic mass is 16.3. The van der Waals surface area contributed by atoms with Gasteiger partial charge in [-0.05, 0) is 42.6 Å². The Morgan fingerprint density at radius 1 is 1.44 bits per heavy atom. The van der Waals surface area contributed by atoms with E-state index in [1.807, 2.05) is 6.08 Å². The average Bonchev–Trinajstić information content (AvgIpc) is 2.58. The maximum absolute atomic E-state index is 9.32. The minimum absolute atomic E-state index is 0.113. The zero-order valence-electron chi connectivity index (χ0n) is 9.96. The van der Waals surface area contributed by atoms with Crippen molar-refractivity contribution < 1.29 is 5.11 Å². The Morgan fingerprint density at radius 2 is 2.19 bits per heavy atom. The van der Waals surface area contributed by atoms with Crippen LogP contribution in [-0.4, -0.2) is 11.7 Å². The summed E-state index contributed by atoms with van der Waals surface area (Å²) >= 11 is 0. The predicted molar refractivity (Wildman–Crippen MR) is 68.0 cm³/mol. The molecule has 1 N–H and O–H groups in total. The third-order valence-electron chi connectivity index (χ3n) is 3.36. The highest BCUT2D eigenvalue weighted by Gasteiger charge is 2.21. The highest BCUT2D eigenvalue weighted by molar-refractivity contribution is 5.63. The van der Waals surface area contributed by atoms with Crippen LogP contribution in [0, 0.1) is 5.92 Å². The van der Waals surface area contributed by atoms with E-state index in [0.717, 1.165) is 12.0 Å². The Balaban J connectivity index is 2.43. The summed E-state index contributed by atoms with van der Waals surface area (Å²) in [6, 6.07) is 0. The van der Waals surface area contributed by atoms with Gasteiger partial charge in [0.2, 0.25) is 0 Å². The summed E-state index contributed by atoms with van der Waals surface area (Å²) in [5.41, 5.74) is 5.96. The normalized spacial score (nSPS) is 23.8. The molecule has 1 nitrogen and oxygen atoms in total. The largest absolute Gasteiger partial charge is 0.392 e. The van der Waals surface area contributed by atoms with Crippen LogP contribution < -0.4 is 0 Å². The summed E-state index contributed by atoms with van der Waals surface area (Å²) in [6.07, 6.45) is 9.64. The number of hydrogen-bond donors (Lipinski definition) is 1. The number of rotatable bonds is 2. The second-order valence-corrected chi connectivity index (χ2v) is 4.59. The SMILES string of the molecule is C=C(C)C1C=C2C(CO)=CC=C2C(C)=CC1. The molecule has 1 unspecified atom stereocenters. The first-order chi connectivity index (χ1) is 7.63. The summed E-state index contributed by atoms with van der Waals surface area (Å²) in [4.78, 5) is 0. The Morgan fingerprint density at radius 3 is 2.81 bits per heavy atom. The van der Waals surface area contributed by atoms with E-state index in [9.17, 15) is 5.11 Å². The van der Waals surface area contributed by atoms with E-state index < -0.39 is 0 Å². The van der Waals surface area contributed by atoms with Crippen molar-refractivity contribution in [2.75, 3.05) is 6.61 Å². The fourth-order valence-electron chi connectivity index (χ4n) is 2.24. The lowest BCUT2D eigenvalue weighted by Crippen LogP contribution is -1.99.